The molecule has 3 rings (SSSR count). The van der Waals surface area contributed by atoms with Crippen LogP contribution in [0.3, 0.4) is 0 Å². The van der Waals surface area contributed by atoms with Crippen molar-refractivity contribution in [2.45, 2.75) is 13.8 Å². The second-order valence-corrected chi connectivity index (χ2v) is 5.88. The first-order chi connectivity index (χ1) is 12.5. The second kappa shape index (κ2) is 7.66. The number of furan rings is 2. The van der Waals surface area contributed by atoms with Crippen molar-refractivity contribution in [3.63, 3.8) is 0 Å². The topological polar surface area (TPSA) is 60.4 Å². The van der Waals surface area contributed by atoms with Crippen molar-refractivity contribution in [2.75, 3.05) is 0 Å². The number of ketones is 2. The Balaban J connectivity index is 1.63. The molecule has 0 N–H and O–H groups in total. The average Bonchev–Trinajstić information content (AvgIpc) is 3.27. The second-order valence-electron chi connectivity index (χ2n) is 5.88. The molecule has 2 aromatic heterocycles. The lowest BCUT2D eigenvalue weighted by molar-refractivity contribution is 0.101. The SMILES string of the molecule is Cc1ccc(C(=O)C=Cc2ccc(C=CC(=O)c3ccc(C)o3)cc2)o1. The number of benzene rings is 1. The van der Waals surface area contributed by atoms with Crippen LogP contribution in [0.1, 0.15) is 43.8 Å². The van der Waals surface area contributed by atoms with Gasteiger partial charge in [-0.05, 0) is 61.4 Å². The maximum atomic E-state index is 12.0. The van der Waals surface area contributed by atoms with Crippen LogP contribution in [0, 0.1) is 13.8 Å². The minimum Gasteiger partial charge on any atom is -0.458 e. The first kappa shape index (κ1) is 17.4. The molecule has 4 nitrogen and oxygen atoms in total. The molecule has 130 valence electrons. The highest BCUT2D eigenvalue weighted by atomic mass is 16.4. The largest absolute Gasteiger partial charge is 0.458 e. The summed E-state index contributed by atoms with van der Waals surface area (Å²) < 4.78 is 10.6. The summed E-state index contributed by atoms with van der Waals surface area (Å²) in [6.07, 6.45) is 6.41. The van der Waals surface area contributed by atoms with Crippen molar-refractivity contribution in [3.8, 4) is 0 Å². The summed E-state index contributed by atoms with van der Waals surface area (Å²) in [5.74, 6) is 1.70. The molecule has 0 spiro atoms. The number of carbonyl (C=O) groups is 2. The van der Waals surface area contributed by atoms with Gasteiger partial charge in [-0.25, -0.2) is 0 Å². The normalized spacial score (nSPS) is 11.5. The molecular formula is C22H18O4. The van der Waals surface area contributed by atoms with Crippen LogP contribution in [-0.2, 0) is 0 Å². The van der Waals surface area contributed by atoms with Gasteiger partial charge in [0.05, 0.1) is 0 Å². The molecular weight excluding hydrogens is 328 g/mol. The molecule has 0 saturated carbocycles. The predicted octanol–water partition coefficient (Wildman–Crippen LogP) is 5.28. The van der Waals surface area contributed by atoms with E-state index in [0.717, 1.165) is 11.1 Å². The molecule has 1 aromatic carbocycles. The Morgan fingerprint density at radius 3 is 1.35 bits per heavy atom. The molecule has 0 aliphatic rings. The maximum absolute atomic E-state index is 12.0. The molecule has 0 radical (unpaired) electrons. The standard InChI is InChI=1S/C22H18O4/c1-15-3-13-21(25-15)19(23)11-9-17-5-7-18(8-6-17)10-12-20(24)22-14-4-16(2)26-22/h3-14H,1-2H3. The molecule has 0 unspecified atom stereocenters. The van der Waals surface area contributed by atoms with Crippen LogP contribution in [-0.4, -0.2) is 11.6 Å². The lowest BCUT2D eigenvalue weighted by atomic mass is 10.1. The van der Waals surface area contributed by atoms with Crippen LogP contribution < -0.4 is 0 Å². The summed E-state index contributed by atoms with van der Waals surface area (Å²) in [6, 6.07) is 14.3. The summed E-state index contributed by atoms with van der Waals surface area (Å²) in [5, 5.41) is 0. The lowest BCUT2D eigenvalue weighted by Gasteiger charge is -1.96. The number of hydrogen-bond acceptors (Lipinski definition) is 4. The van der Waals surface area contributed by atoms with Gasteiger partial charge in [0, 0.05) is 0 Å². The minimum atomic E-state index is -0.179. The number of aryl methyl sites for hydroxylation is 2. The Hall–Kier alpha value is -3.40. The van der Waals surface area contributed by atoms with E-state index in [1.54, 1.807) is 50.3 Å². The molecule has 0 aliphatic carbocycles. The Morgan fingerprint density at radius 1 is 0.654 bits per heavy atom. The third-order valence-electron chi connectivity index (χ3n) is 3.76. The van der Waals surface area contributed by atoms with Gasteiger partial charge in [0.15, 0.2) is 11.5 Å². The van der Waals surface area contributed by atoms with E-state index in [1.807, 2.05) is 24.3 Å². The minimum absolute atomic E-state index is 0.179. The van der Waals surface area contributed by atoms with Crippen LogP contribution in [0.5, 0.6) is 0 Å². The van der Waals surface area contributed by atoms with Crippen molar-refractivity contribution in [3.05, 3.63) is 94.9 Å². The molecule has 4 heteroatoms. The van der Waals surface area contributed by atoms with Crippen LogP contribution in [0.2, 0.25) is 0 Å². The van der Waals surface area contributed by atoms with Crippen molar-refractivity contribution in [1.82, 2.24) is 0 Å². The van der Waals surface area contributed by atoms with Gasteiger partial charge in [0.25, 0.3) is 0 Å². The number of allylic oxidation sites excluding steroid dienone is 2. The van der Waals surface area contributed by atoms with E-state index in [2.05, 4.69) is 0 Å². The molecule has 0 saturated heterocycles. The zero-order valence-electron chi connectivity index (χ0n) is 14.6. The highest BCUT2D eigenvalue weighted by Gasteiger charge is 2.06. The van der Waals surface area contributed by atoms with E-state index >= 15 is 0 Å². The van der Waals surface area contributed by atoms with E-state index in [9.17, 15) is 9.59 Å². The van der Waals surface area contributed by atoms with Crippen LogP contribution >= 0.6 is 0 Å². The highest BCUT2D eigenvalue weighted by Crippen LogP contribution is 2.12. The monoisotopic (exact) mass is 346 g/mol. The van der Waals surface area contributed by atoms with E-state index in [0.29, 0.717) is 23.0 Å². The van der Waals surface area contributed by atoms with Crippen LogP contribution in [0.25, 0.3) is 12.2 Å². The van der Waals surface area contributed by atoms with Gasteiger partial charge in [0.1, 0.15) is 11.5 Å². The Bertz CT molecular complexity index is 900. The Kier molecular flexibility index (Phi) is 5.13. The zero-order valence-corrected chi connectivity index (χ0v) is 14.6. The first-order valence-electron chi connectivity index (χ1n) is 8.19. The van der Waals surface area contributed by atoms with Crippen molar-refractivity contribution < 1.29 is 18.4 Å². The summed E-state index contributed by atoms with van der Waals surface area (Å²) in [4.78, 5) is 23.9. The summed E-state index contributed by atoms with van der Waals surface area (Å²) in [6.45, 7) is 3.59. The molecule has 0 aliphatic heterocycles. The van der Waals surface area contributed by atoms with Gasteiger partial charge < -0.3 is 8.83 Å². The van der Waals surface area contributed by atoms with Gasteiger partial charge in [-0.2, -0.15) is 0 Å². The molecule has 26 heavy (non-hydrogen) atoms. The summed E-state index contributed by atoms with van der Waals surface area (Å²) in [7, 11) is 0. The highest BCUT2D eigenvalue weighted by molar-refractivity contribution is 6.05. The Labute approximate surface area is 151 Å². The third kappa shape index (κ3) is 4.36. The van der Waals surface area contributed by atoms with Gasteiger partial charge in [-0.3, -0.25) is 9.59 Å². The smallest absolute Gasteiger partial charge is 0.221 e. The fraction of sp³-hybridized carbons (Fsp3) is 0.0909. The summed E-state index contributed by atoms with van der Waals surface area (Å²) in [5.41, 5.74) is 1.76. The number of rotatable bonds is 6. The van der Waals surface area contributed by atoms with Crippen molar-refractivity contribution in [2.24, 2.45) is 0 Å². The third-order valence-corrected chi connectivity index (χ3v) is 3.76. The molecule has 0 bridgehead atoms. The number of carbonyl (C=O) groups excluding carboxylic acids is 2. The molecule has 0 fully saturated rings. The zero-order chi connectivity index (χ0) is 18.5. The molecule has 3 aromatic rings. The fourth-order valence-electron chi connectivity index (χ4n) is 2.36. The van der Waals surface area contributed by atoms with Gasteiger partial charge in [-0.15, -0.1) is 0 Å². The van der Waals surface area contributed by atoms with Crippen molar-refractivity contribution >= 4 is 23.7 Å². The van der Waals surface area contributed by atoms with E-state index < -0.39 is 0 Å². The maximum Gasteiger partial charge on any atom is 0.221 e. The Morgan fingerprint density at radius 2 is 1.04 bits per heavy atom. The van der Waals surface area contributed by atoms with Crippen LogP contribution in [0.15, 0.2) is 69.5 Å². The molecule has 0 amide bonds. The van der Waals surface area contributed by atoms with E-state index in [-0.39, 0.29) is 11.6 Å². The lowest BCUT2D eigenvalue weighted by Crippen LogP contribution is -1.91. The quantitative estimate of drug-likeness (QED) is 0.450. The van der Waals surface area contributed by atoms with Crippen LogP contribution in [0.4, 0.5) is 0 Å². The van der Waals surface area contributed by atoms with Crippen molar-refractivity contribution in [1.29, 1.82) is 0 Å². The fourth-order valence-corrected chi connectivity index (χ4v) is 2.36. The first-order valence-corrected chi connectivity index (χ1v) is 8.19. The van der Waals surface area contributed by atoms with E-state index in [1.165, 1.54) is 12.2 Å². The van der Waals surface area contributed by atoms with Gasteiger partial charge in [0.2, 0.25) is 11.6 Å². The average molecular weight is 346 g/mol. The summed E-state index contributed by atoms with van der Waals surface area (Å²) >= 11 is 0. The van der Waals surface area contributed by atoms with Gasteiger partial charge >= 0.3 is 0 Å². The van der Waals surface area contributed by atoms with Gasteiger partial charge in [-0.1, -0.05) is 36.4 Å². The van der Waals surface area contributed by atoms with E-state index in [4.69, 9.17) is 8.83 Å². The predicted molar refractivity (Wildman–Crippen MR) is 100 cm³/mol. The molecule has 2 heterocycles. The molecule has 0 atom stereocenters. The number of hydrogen-bond donors (Lipinski definition) is 0.